The van der Waals surface area contributed by atoms with Crippen molar-refractivity contribution in [3.8, 4) is 0 Å². The average molecular weight is 332 g/mol. The lowest BCUT2D eigenvalue weighted by molar-refractivity contribution is -0.137. The molecule has 0 saturated carbocycles. The summed E-state index contributed by atoms with van der Waals surface area (Å²) in [6, 6.07) is 7.89. The Morgan fingerprint density at radius 3 is 2.48 bits per heavy atom. The van der Waals surface area contributed by atoms with Crippen LogP contribution in [0.5, 0.6) is 0 Å². The van der Waals surface area contributed by atoms with Crippen molar-refractivity contribution in [2.45, 2.75) is 33.2 Å². The van der Waals surface area contributed by atoms with E-state index in [4.69, 9.17) is 4.74 Å². The Balaban J connectivity index is 2.47. The van der Waals surface area contributed by atoms with E-state index < -0.39 is 11.5 Å². The molecule has 1 aliphatic rings. The van der Waals surface area contributed by atoms with Gasteiger partial charge in [0, 0.05) is 11.8 Å². The predicted octanol–water partition coefficient (Wildman–Crippen LogP) is 2.90. The lowest BCUT2D eigenvalue weighted by Gasteiger charge is -2.24. The van der Waals surface area contributed by atoms with Gasteiger partial charge in [-0.3, -0.25) is 9.79 Å². The Labute approximate surface area is 140 Å². The maximum absolute atomic E-state index is 12.3. The summed E-state index contributed by atoms with van der Waals surface area (Å²) < 4.78 is 5.17. The van der Waals surface area contributed by atoms with Crippen LogP contribution in [0.3, 0.4) is 0 Å². The number of thioether (sulfide) groups is 1. The van der Waals surface area contributed by atoms with Gasteiger partial charge in [0.25, 0.3) is 0 Å². The van der Waals surface area contributed by atoms with Gasteiger partial charge in [0.05, 0.1) is 17.9 Å². The molecule has 1 aromatic rings. The molecule has 2 rings (SSSR count). The molecule has 0 aromatic heterocycles. The molecule has 0 saturated heterocycles. The van der Waals surface area contributed by atoms with Crippen LogP contribution in [0.1, 0.15) is 31.9 Å². The average Bonchev–Trinajstić information content (AvgIpc) is 2.46. The second-order valence-corrected chi connectivity index (χ2v) is 6.27. The smallest absolute Gasteiger partial charge is 0.341 e. The second-order valence-electron chi connectivity index (χ2n) is 5.18. The lowest BCUT2D eigenvalue weighted by Crippen LogP contribution is -2.32. The van der Waals surface area contributed by atoms with Crippen molar-refractivity contribution in [2.75, 3.05) is 6.61 Å². The molecular formula is C17H20N2O3S. The lowest BCUT2D eigenvalue weighted by atomic mass is 10.1. The van der Waals surface area contributed by atoms with E-state index in [2.05, 4.69) is 10.3 Å². The molecule has 6 heteroatoms. The fourth-order valence-corrected chi connectivity index (χ4v) is 3.48. The number of nitrogens with zero attached hydrogens (tertiary/aromatic N) is 1. The van der Waals surface area contributed by atoms with Crippen molar-refractivity contribution >= 4 is 34.3 Å². The van der Waals surface area contributed by atoms with Gasteiger partial charge in [-0.25, -0.2) is 4.79 Å². The SMILES string of the molecule is CCOC(=O)C1=C(c2ccc(C)cc2)SC(NC(C)=O)N=C1C. The number of rotatable bonds is 4. The van der Waals surface area contributed by atoms with Crippen LogP contribution in [0.15, 0.2) is 34.8 Å². The van der Waals surface area contributed by atoms with E-state index in [1.54, 1.807) is 13.8 Å². The Bertz CT molecular complexity index is 678. The topological polar surface area (TPSA) is 67.8 Å². The van der Waals surface area contributed by atoms with Gasteiger partial charge in [0.15, 0.2) is 5.50 Å². The molecule has 0 spiro atoms. The molecule has 1 unspecified atom stereocenters. The standard InChI is InChI=1S/C17H20N2O3S/c1-5-22-16(21)14-11(3)18-17(19-12(4)20)23-15(14)13-8-6-10(2)7-9-13/h6-9,17H,5H2,1-4H3,(H,19,20). The molecule has 1 aromatic carbocycles. The van der Waals surface area contributed by atoms with Crippen molar-refractivity contribution in [2.24, 2.45) is 4.99 Å². The van der Waals surface area contributed by atoms with E-state index in [0.717, 1.165) is 16.0 Å². The van der Waals surface area contributed by atoms with E-state index >= 15 is 0 Å². The highest BCUT2D eigenvalue weighted by Crippen LogP contribution is 2.38. The van der Waals surface area contributed by atoms with Crippen LogP contribution in [-0.4, -0.2) is 29.7 Å². The third-order valence-electron chi connectivity index (χ3n) is 3.25. The van der Waals surface area contributed by atoms with Crippen molar-refractivity contribution in [3.05, 3.63) is 41.0 Å². The van der Waals surface area contributed by atoms with Gasteiger partial charge in [0.2, 0.25) is 5.91 Å². The monoisotopic (exact) mass is 332 g/mol. The first kappa shape index (κ1) is 17.3. The zero-order chi connectivity index (χ0) is 17.0. The number of esters is 1. The van der Waals surface area contributed by atoms with Crippen LogP contribution in [0.4, 0.5) is 0 Å². The minimum absolute atomic E-state index is 0.165. The first-order valence-corrected chi connectivity index (χ1v) is 8.27. The predicted molar refractivity (Wildman–Crippen MR) is 93.0 cm³/mol. The van der Waals surface area contributed by atoms with Gasteiger partial charge >= 0.3 is 5.97 Å². The molecule has 0 bridgehead atoms. The third kappa shape index (κ3) is 4.22. The van der Waals surface area contributed by atoms with E-state index in [0.29, 0.717) is 17.9 Å². The van der Waals surface area contributed by atoms with Crippen molar-refractivity contribution in [3.63, 3.8) is 0 Å². The molecule has 1 amide bonds. The summed E-state index contributed by atoms with van der Waals surface area (Å²) in [5.41, 5.74) is 2.63. The van der Waals surface area contributed by atoms with Gasteiger partial charge < -0.3 is 10.1 Å². The number of hydrogen-bond donors (Lipinski definition) is 1. The summed E-state index contributed by atoms with van der Waals surface area (Å²) in [5, 5.41) is 2.76. The first-order valence-electron chi connectivity index (χ1n) is 7.39. The van der Waals surface area contributed by atoms with Crippen molar-refractivity contribution in [1.29, 1.82) is 0 Å². The fourth-order valence-electron chi connectivity index (χ4n) is 2.20. The summed E-state index contributed by atoms with van der Waals surface area (Å²) in [5.74, 6) is -0.556. The summed E-state index contributed by atoms with van der Waals surface area (Å²) in [4.78, 5) is 28.8. The van der Waals surface area contributed by atoms with Gasteiger partial charge in [-0.2, -0.15) is 0 Å². The number of carbonyl (C=O) groups is 2. The van der Waals surface area contributed by atoms with E-state index in [9.17, 15) is 9.59 Å². The second kappa shape index (κ2) is 7.46. The maximum atomic E-state index is 12.3. The minimum Gasteiger partial charge on any atom is -0.462 e. The molecular weight excluding hydrogens is 312 g/mol. The molecule has 0 fully saturated rings. The largest absolute Gasteiger partial charge is 0.462 e. The van der Waals surface area contributed by atoms with E-state index in [-0.39, 0.29) is 5.91 Å². The van der Waals surface area contributed by atoms with Crippen LogP contribution < -0.4 is 5.32 Å². The Morgan fingerprint density at radius 1 is 1.26 bits per heavy atom. The summed E-state index contributed by atoms with van der Waals surface area (Å²) in [7, 11) is 0. The van der Waals surface area contributed by atoms with Crippen LogP contribution in [0.2, 0.25) is 0 Å². The Morgan fingerprint density at radius 2 is 1.91 bits per heavy atom. The zero-order valence-corrected chi connectivity index (χ0v) is 14.5. The molecule has 1 N–H and O–H groups in total. The molecule has 0 aliphatic carbocycles. The highest BCUT2D eigenvalue weighted by Gasteiger charge is 2.28. The van der Waals surface area contributed by atoms with Crippen molar-refractivity contribution < 1.29 is 14.3 Å². The number of aliphatic imine (C=N–C) groups is 1. The van der Waals surface area contributed by atoms with Crippen LogP contribution in [-0.2, 0) is 14.3 Å². The highest BCUT2D eigenvalue weighted by atomic mass is 32.2. The summed E-state index contributed by atoms with van der Waals surface area (Å²) >= 11 is 1.34. The molecule has 1 heterocycles. The van der Waals surface area contributed by atoms with Crippen LogP contribution in [0, 0.1) is 6.92 Å². The Hall–Kier alpha value is -2.08. The number of carbonyl (C=O) groups excluding carboxylic acids is 2. The number of amides is 1. The quantitative estimate of drug-likeness (QED) is 0.861. The number of aryl methyl sites for hydroxylation is 1. The minimum atomic E-state index is -0.443. The fraction of sp³-hybridized carbons (Fsp3) is 0.353. The summed E-state index contributed by atoms with van der Waals surface area (Å²) in [6.07, 6.45) is 0. The highest BCUT2D eigenvalue weighted by molar-refractivity contribution is 8.09. The van der Waals surface area contributed by atoms with Gasteiger partial charge in [-0.05, 0) is 26.3 Å². The van der Waals surface area contributed by atoms with E-state index in [1.165, 1.54) is 18.7 Å². The molecule has 1 atom stereocenters. The normalized spacial score (nSPS) is 17.6. The van der Waals surface area contributed by atoms with Crippen LogP contribution in [0.25, 0.3) is 4.91 Å². The third-order valence-corrected chi connectivity index (χ3v) is 4.37. The summed E-state index contributed by atoms with van der Waals surface area (Å²) in [6.45, 7) is 7.28. The van der Waals surface area contributed by atoms with Gasteiger partial charge in [-0.15, -0.1) is 0 Å². The number of hydrogen-bond acceptors (Lipinski definition) is 5. The molecule has 0 radical (unpaired) electrons. The Kier molecular flexibility index (Phi) is 5.60. The number of nitrogens with one attached hydrogen (secondary N) is 1. The van der Waals surface area contributed by atoms with Gasteiger partial charge in [0.1, 0.15) is 0 Å². The molecule has 122 valence electrons. The maximum Gasteiger partial charge on any atom is 0.341 e. The zero-order valence-electron chi connectivity index (χ0n) is 13.7. The molecule has 1 aliphatic heterocycles. The first-order chi connectivity index (χ1) is 10.9. The van der Waals surface area contributed by atoms with Crippen molar-refractivity contribution in [1.82, 2.24) is 5.32 Å². The molecule has 23 heavy (non-hydrogen) atoms. The molecule has 5 nitrogen and oxygen atoms in total. The van der Waals surface area contributed by atoms with Gasteiger partial charge in [-0.1, -0.05) is 41.6 Å². The number of ether oxygens (including phenoxy) is 1. The van der Waals surface area contributed by atoms with Crippen LogP contribution >= 0.6 is 11.8 Å². The number of benzene rings is 1. The van der Waals surface area contributed by atoms with E-state index in [1.807, 2.05) is 31.2 Å².